The molecule has 3 rings (SSSR count). The maximum Gasteiger partial charge on any atom is 0.288 e. The average Bonchev–Trinajstić information content (AvgIpc) is 3.09. The average molecular weight is 435 g/mol. The maximum atomic E-state index is 14.3. The Morgan fingerprint density at radius 1 is 1.21 bits per heavy atom. The van der Waals surface area contributed by atoms with Crippen LogP contribution in [0.3, 0.4) is 0 Å². The summed E-state index contributed by atoms with van der Waals surface area (Å²) in [5, 5.41) is 17.6. The molecule has 0 fully saturated rings. The van der Waals surface area contributed by atoms with Gasteiger partial charge in [-0.2, -0.15) is 0 Å². The monoisotopic (exact) mass is 434 g/mol. The van der Waals surface area contributed by atoms with Crippen molar-refractivity contribution in [3.63, 3.8) is 0 Å². The van der Waals surface area contributed by atoms with E-state index in [4.69, 9.17) is 11.6 Å². The summed E-state index contributed by atoms with van der Waals surface area (Å²) in [6.45, 7) is 1.32. The Morgan fingerprint density at radius 3 is 2.62 bits per heavy atom. The molecule has 0 bridgehead atoms. The van der Waals surface area contributed by atoms with Crippen molar-refractivity contribution in [2.75, 3.05) is 10.6 Å². The Balaban J connectivity index is 1.79. The third-order valence-corrected chi connectivity index (χ3v) is 4.77. The molecular formula is C18H12ClFN4O4S. The summed E-state index contributed by atoms with van der Waals surface area (Å²) in [7, 11) is 0. The summed E-state index contributed by atoms with van der Waals surface area (Å²) >= 11 is 6.80. The molecule has 2 amide bonds. The molecule has 1 aromatic heterocycles. The predicted molar refractivity (Wildman–Crippen MR) is 108 cm³/mol. The number of benzene rings is 2. The summed E-state index contributed by atoms with van der Waals surface area (Å²) in [5.41, 5.74) is 0.438. The number of nitro benzene ring substituents is 1. The smallest absolute Gasteiger partial charge is 0.288 e. The van der Waals surface area contributed by atoms with Crippen LogP contribution in [-0.2, 0) is 4.79 Å². The predicted octanol–water partition coefficient (Wildman–Crippen LogP) is 4.72. The first-order chi connectivity index (χ1) is 13.7. The lowest BCUT2D eigenvalue weighted by molar-refractivity contribution is -0.384. The van der Waals surface area contributed by atoms with Gasteiger partial charge in [-0.1, -0.05) is 11.6 Å². The number of aromatic nitrogens is 1. The first-order valence-corrected chi connectivity index (χ1v) is 9.28. The quantitative estimate of drug-likeness (QED) is 0.445. The highest BCUT2D eigenvalue weighted by Crippen LogP contribution is 2.30. The third-order valence-electron chi connectivity index (χ3n) is 3.70. The molecule has 0 aliphatic heterocycles. The molecule has 3 aromatic rings. The van der Waals surface area contributed by atoms with E-state index in [9.17, 15) is 24.1 Å². The molecule has 0 unspecified atom stereocenters. The van der Waals surface area contributed by atoms with Crippen LogP contribution >= 0.6 is 22.9 Å². The lowest BCUT2D eigenvalue weighted by Crippen LogP contribution is -2.12. The van der Waals surface area contributed by atoms with Crippen molar-refractivity contribution in [3.05, 3.63) is 68.3 Å². The molecule has 148 valence electrons. The van der Waals surface area contributed by atoms with E-state index in [0.29, 0.717) is 11.4 Å². The molecule has 0 saturated heterocycles. The van der Waals surface area contributed by atoms with Crippen LogP contribution in [-0.4, -0.2) is 21.7 Å². The van der Waals surface area contributed by atoms with Crippen molar-refractivity contribution in [2.24, 2.45) is 0 Å². The van der Waals surface area contributed by atoms with Gasteiger partial charge in [0.15, 0.2) is 5.13 Å². The van der Waals surface area contributed by atoms with E-state index in [1.54, 1.807) is 5.38 Å². The number of thiazole rings is 1. The van der Waals surface area contributed by atoms with Gasteiger partial charge in [-0.3, -0.25) is 25.0 Å². The highest BCUT2D eigenvalue weighted by molar-refractivity contribution is 7.14. The van der Waals surface area contributed by atoms with Gasteiger partial charge in [0.25, 0.3) is 11.6 Å². The Hall–Kier alpha value is -3.37. The van der Waals surface area contributed by atoms with Gasteiger partial charge in [-0.05, 0) is 30.3 Å². The van der Waals surface area contributed by atoms with E-state index in [1.165, 1.54) is 37.3 Å². The summed E-state index contributed by atoms with van der Waals surface area (Å²) in [4.78, 5) is 37.8. The van der Waals surface area contributed by atoms with Crippen molar-refractivity contribution in [1.82, 2.24) is 4.98 Å². The summed E-state index contributed by atoms with van der Waals surface area (Å²) in [6.07, 6.45) is 0. The first-order valence-electron chi connectivity index (χ1n) is 8.03. The number of nitrogens with zero attached hydrogens (tertiary/aromatic N) is 2. The molecule has 11 heteroatoms. The van der Waals surface area contributed by atoms with Crippen LogP contribution in [0.25, 0.3) is 11.3 Å². The number of nitro groups is 1. The lowest BCUT2D eigenvalue weighted by Gasteiger charge is -2.05. The lowest BCUT2D eigenvalue weighted by atomic mass is 10.1. The zero-order chi connectivity index (χ0) is 21.1. The van der Waals surface area contributed by atoms with Crippen LogP contribution < -0.4 is 10.6 Å². The van der Waals surface area contributed by atoms with Crippen LogP contribution in [0.2, 0.25) is 5.02 Å². The van der Waals surface area contributed by atoms with Crippen LogP contribution in [0.15, 0.2) is 41.8 Å². The topological polar surface area (TPSA) is 114 Å². The minimum absolute atomic E-state index is 0.0312. The fraction of sp³-hybridized carbons (Fsp3) is 0.0556. The van der Waals surface area contributed by atoms with E-state index in [1.807, 2.05) is 0 Å². The molecular weight excluding hydrogens is 423 g/mol. The number of carbonyl (C=O) groups is 2. The van der Waals surface area contributed by atoms with E-state index in [-0.39, 0.29) is 32.9 Å². The van der Waals surface area contributed by atoms with Crippen LogP contribution in [0, 0.1) is 15.9 Å². The van der Waals surface area contributed by atoms with Gasteiger partial charge in [0.1, 0.15) is 10.8 Å². The Morgan fingerprint density at radius 2 is 1.97 bits per heavy atom. The molecule has 0 saturated carbocycles. The van der Waals surface area contributed by atoms with Crippen molar-refractivity contribution in [2.45, 2.75) is 6.92 Å². The standard InChI is InChI=1S/C18H12ClFN4O4S/c1-9(25)21-11-3-4-12(14(20)7-11)15-8-29-18(22-15)23-17(26)10-2-5-13(19)16(6-10)24(27)28/h2-8H,1H3,(H,21,25)(H,22,23,26). The van der Waals surface area contributed by atoms with Crippen LogP contribution in [0.1, 0.15) is 17.3 Å². The molecule has 0 atom stereocenters. The van der Waals surface area contributed by atoms with Gasteiger partial charge in [0.2, 0.25) is 5.91 Å². The molecule has 8 nitrogen and oxygen atoms in total. The first kappa shape index (κ1) is 20.4. The number of halogens is 2. The van der Waals surface area contributed by atoms with Gasteiger partial charge in [0, 0.05) is 35.2 Å². The fourth-order valence-electron chi connectivity index (χ4n) is 2.42. The normalized spacial score (nSPS) is 10.4. The van der Waals surface area contributed by atoms with Crippen molar-refractivity contribution >= 4 is 51.3 Å². The Kier molecular flexibility index (Phi) is 5.85. The largest absolute Gasteiger partial charge is 0.326 e. The highest BCUT2D eigenvalue weighted by Gasteiger charge is 2.18. The van der Waals surface area contributed by atoms with Gasteiger partial charge in [0.05, 0.1) is 10.6 Å². The van der Waals surface area contributed by atoms with E-state index in [2.05, 4.69) is 15.6 Å². The molecule has 0 aliphatic rings. The van der Waals surface area contributed by atoms with Gasteiger partial charge in [-0.15, -0.1) is 11.3 Å². The number of nitrogens with one attached hydrogen (secondary N) is 2. The second kappa shape index (κ2) is 8.33. The minimum Gasteiger partial charge on any atom is -0.326 e. The second-order valence-corrected chi connectivity index (χ2v) is 7.06. The molecule has 2 N–H and O–H groups in total. The second-order valence-electron chi connectivity index (χ2n) is 5.79. The number of amides is 2. The number of anilines is 2. The zero-order valence-corrected chi connectivity index (χ0v) is 16.3. The van der Waals surface area contributed by atoms with Gasteiger partial charge < -0.3 is 5.32 Å². The number of carbonyl (C=O) groups excluding carboxylic acids is 2. The highest BCUT2D eigenvalue weighted by atomic mass is 35.5. The molecule has 0 aliphatic carbocycles. The number of rotatable bonds is 5. The van der Waals surface area contributed by atoms with Crippen molar-refractivity contribution in [1.29, 1.82) is 0 Å². The van der Waals surface area contributed by atoms with Crippen LogP contribution in [0.5, 0.6) is 0 Å². The van der Waals surface area contributed by atoms with E-state index >= 15 is 0 Å². The molecule has 0 radical (unpaired) electrons. The Labute approximate surface area is 172 Å². The van der Waals surface area contributed by atoms with Crippen molar-refractivity contribution < 1.29 is 18.9 Å². The fourth-order valence-corrected chi connectivity index (χ4v) is 3.31. The number of hydrogen-bond donors (Lipinski definition) is 2. The van der Waals surface area contributed by atoms with E-state index in [0.717, 1.165) is 17.4 Å². The summed E-state index contributed by atoms with van der Waals surface area (Å²) < 4.78 is 14.3. The van der Waals surface area contributed by atoms with E-state index < -0.39 is 16.6 Å². The third kappa shape index (κ3) is 4.73. The number of hydrogen-bond acceptors (Lipinski definition) is 6. The molecule has 1 heterocycles. The molecule has 0 spiro atoms. The molecule has 2 aromatic carbocycles. The SMILES string of the molecule is CC(=O)Nc1ccc(-c2csc(NC(=O)c3ccc(Cl)c([N+](=O)[O-])c3)n2)c(F)c1. The Bertz CT molecular complexity index is 1130. The minimum atomic E-state index is -0.686. The maximum absolute atomic E-state index is 14.3. The zero-order valence-electron chi connectivity index (χ0n) is 14.7. The van der Waals surface area contributed by atoms with Gasteiger partial charge >= 0.3 is 0 Å². The summed E-state index contributed by atoms with van der Waals surface area (Å²) in [5.74, 6) is -1.53. The summed E-state index contributed by atoms with van der Waals surface area (Å²) in [6, 6.07) is 7.83. The van der Waals surface area contributed by atoms with Crippen molar-refractivity contribution in [3.8, 4) is 11.3 Å². The molecule has 29 heavy (non-hydrogen) atoms. The van der Waals surface area contributed by atoms with Crippen LogP contribution in [0.4, 0.5) is 20.9 Å². The van der Waals surface area contributed by atoms with Gasteiger partial charge in [-0.25, -0.2) is 9.37 Å².